The van der Waals surface area contributed by atoms with Crippen molar-refractivity contribution in [1.29, 1.82) is 0 Å². The van der Waals surface area contributed by atoms with Gasteiger partial charge in [0, 0.05) is 40.7 Å². The van der Waals surface area contributed by atoms with Gasteiger partial charge in [0.2, 0.25) is 0 Å². The van der Waals surface area contributed by atoms with Gasteiger partial charge in [-0.15, -0.1) is 11.3 Å². The van der Waals surface area contributed by atoms with Gasteiger partial charge in [-0.1, -0.05) is 12.1 Å². The first-order valence-corrected chi connectivity index (χ1v) is 11.4. The van der Waals surface area contributed by atoms with Crippen LogP contribution in [-0.4, -0.2) is 27.6 Å². The summed E-state index contributed by atoms with van der Waals surface area (Å²) in [6.07, 6.45) is 1.83. The van der Waals surface area contributed by atoms with Crippen LogP contribution in [0, 0.1) is 34.1 Å². The Morgan fingerprint density at radius 2 is 1.72 bits per heavy atom. The van der Waals surface area contributed by atoms with Crippen molar-refractivity contribution in [2.75, 3.05) is 4.72 Å². The Bertz CT molecular complexity index is 1470. The average Bonchev–Trinajstić information content (AvgIpc) is 3.29. The van der Waals surface area contributed by atoms with Crippen molar-refractivity contribution in [2.45, 2.75) is 18.7 Å². The largest absolute Gasteiger partial charge is 0.294 e. The summed E-state index contributed by atoms with van der Waals surface area (Å²) in [7, 11) is -4.34. The molecule has 0 aliphatic heterocycles. The number of anilines is 1. The Morgan fingerprint density at radius 3 is 2.31 bits per heavy atom. The molecule has 0 aliphatic carbocycles. The molecule has 0 radical (unpaired) electrons. The number of rotatable bonds is 6. The standard InChI is InChI=1S/C19H15N5O6S2/c1-11-10-31-19-20-16(9-22(11)19)13-4-3-5-14(6-13)21-32(29,30)15-7-17(23(25)26)12(2)18(8-15)24(27)28/h3-10,21H,1-2H3. The third-order valence-electron chi connectivity index (χ3n) is 4.83. The fourth-order valence-corrected chi connectivity index (χ4v) is 5.12. The molecule has 13 heteroatoms. The molecule has 0 amide bonds. The number of nitro groups is 2. The Hall–Kier alpha value is -3.84. The van der Waals surface area contributed by atoms with Crippen LogP contribution in [0.15, 0.2) is 52.9 Å². The summed E-state index contributed by atoms with van der Waals surface area (Å²) in [5.74, 6) is 0. The first-order valence-electron chi connectivity index (χ1n) is 9.06. The quantitative estimate of drug-likeness (QED) is 0.324. The van der Waals surface area contributed by atoms with Crippen LogP contribution in [0.4, 0.5) is 17.1 Å². The Kier molecular flexibility index (Phi) is 5.14. The minimum atomic E-state index is -4.34. The Morgan fingerprint density at radius 1 is 1.06 bits per heavy atom. The fraction of sp³-hybridized carbons (Fsp3) is 0.105. The molecular weight excluding hydrogens is 458 g/mol. The number of hydrogen-bond donors (Lipinski definition) is 1. The molecule has 0 saturated heterocycles. The number of benzene rings is 2. The predicted molar refractivity (Wildman–Crippen MR) is 119 cm³/mol. The fourth-order valence-electron chi connectivity index (χ4n) is 3.18. The van der Waals surface area contributed by atoms with E-state index >= 15 is 0 Å². The van der Waals surface area contributed by atoms with Crippen molar-refractivity contribution in [3.63, 3.8) is 0 Å². The number of nitrogens with one attached hydrogen (secondary N) is 1. The number of nitrogens with zero attached hydrogens (tertiary/aromatic N) is 4. The van der Waals surface area contributed by atoms with Crippen molar-refractivity contribution in [3.05, 3.63) is 79.5 Å². The van der Waals surface area contributed by atoms with Crippen LogP contribution in [0.2, 0.25) is 0 Å². The average molecular weight is 473 g/mol. The highest BCUT2D eigenvalue weighted by molar-refractivity contribution is 7.92. The number of thiazole rings is 1. The molecule has 4 rings (SSSR count). The highest BCUT2D eigenvalue weighted by Crippen LogP contribution is 2.32. The van der Waals surface area contributed by atoms with Gasteiger partial charge in [0.15, 0.2) is 4.96 Å². The number of fused-ring (bicyclic) bond motifs is 1. The smallest absolute Gasteiger partial charge is 0.280 e. The first-order chi connectivity index (χ1) is 15.1. The molecule has 0 aliphatic rings. The van der Waals surface area contributed by atoms with Crippen molar-refractivity contribution >= 4 is 43.4 Å². The summed E-state index contributed by atoms with van der Waals surface area (Å²) in [4.78, 5) is 25.6. The van der Waals surface area contributed by atoms with Gasteiger partial charge in [-0.25, -0.2) is 13.4 Å². The lowest BCUT2D eigenvalue weighted by Gasteiger charge is -2.10. The predicted octanol–water partition coefficient (Wildman–Crippen LogP) is 4.30. The number of hydrogen-bond acceptors (Lipinski definition) is 8. The van der Waals surface area contributed by atoms with Gasteiger partial charge in [-0.05, 0) is 26.0 Å². The van der Waals surface area contributed by atoms with Crippen LogP contribution in [0.1, 0.15) is 11.3 Å². The van der Waals surface area contributed by atoms with Crippen LogP contribution in [0.3, 0.4) is 0 Å². The molecule has 2 aromatic carbocycles. The zero-order chi connectivity index (χ0) is 23.2. The van der Waals surface area contributed by atoms with E-state index in [2.05, 4.69) is 9.71 Å². The van der Waals surface area contributed by atoms with E-state index in [4.69, 9.17) is 0 Å². The number of sulfonamides is 1. The second-order valence-corrected chi connectivity index (χ2v) is 9.46. The molecule has 0 atom stereocenters. The maximum atomic E-state index is 12.9. The van der Waals surface area contributed by atoms with E-state index in [0.29, 0.717) is 11.3 Å². The molecule has 1 N–H and O–H groups in total. The number of aryl methyl sites for hydroxylation is 1. The van der Waals surface area contributed by atoms with Gasteiger partial charge in [-0.2, -0.15) is 0 Å². The maximum Gasteiger partial charge on any atom is 0.280 e. The number of aromatic nitrogens is 2. The summed E-state index contributed by atoms with van der Waals surface area (Å²) >= 11 is 1.48. The molecular formula is C19H15N5O6S2. The van der Waals surface area contributed by atoms with E-state index in [-0.39, 0.29) is 11.3 Å². The van der Waals surface area contributed by atoms with Gasteiger partial charge >= 0.3 is 0 Å². The molecule has 164 valence electrons. The molecule has 4 aromatic rings. The highest BCUT2D eigenvalue weighted by Gasteiger charge is 2.28. The van der Waals surface area contributed by atoms with Gasteiger partial charge < -0.3 is 0 Å². The molecule has 0 unspecified atom stereocenters. The van der Waals surface area contributed by atoms with E-state index in [1.807, 2.05) is 22.9 Å². The van der Waals surface area contributed by atoms with Crippen molar-refractivity contribution < 1.29 is 18.3 Å². The van der Waals surface area contributed by atoms with Crippen LogP contribution < -0.4 is 4.72 Å². The number of nitro benzene ring substituents is 2. The second-order valence-electron chi connectivity index (χ2n) is 6.94. The monoisotopic (exact) mass is 473 g/mol. The van der Waals surface area contributed by atoms with Crippen molar-refractivity contribution in [2.24, 2.45) is 0 Å². The molecule has 11 nitrogen and oxygen atoms in total. The van der Waals surface area contributed by atoms with Gasteiger partial charge in [0.1, 0.15) is 10.5 Å². The molecule has 0 spiro atoms. The summed E-state index contributed by atoms with van der Waals surface area (Å²) in [6, 6.07) is 8.08. The van der Waals surface area contributed by atoms with Gasteiger partial charge in [-0.3, -0.25) is 29.4 Å². The highest BCUT2D eigenvalue weighted by atomic mass is 32.2. The van der Waals surface area contributed by atoms with Crippen molar-refractivity contribution in [3.8, 4) is 11.3 Å². The molecule has 0 saturated carbocycles. The zero-order valence-electron chi connectivity index (χ0n) is 16.7. The molecule has 2 heterocycles. The molecule has 0 bridgehead atoms. The Balaban J connectivity index is 1.72. The van der Waals surface area contributed by atoms with Gasteiger partial charge in [0.05, 0.1) is 15.5 Å². The lowest BCUT2D eigenvalue weighted by molar-refractivity contribution is -0.395. The summed E-state index contributed by atoms with van der Waals surface area (Å²) < 4.78 is 30.0. The minimum absolute atomic E-state index is 0.182. The third kappa shape index (κ3) is 3.78. The van der Waals surface area contributed by atoms with Gasteiger partial charge in [0.25, 0.3) is 21.4 Å². The lowest BCUT2D eigenvalue weighted by atomic mass is 10.1. The van der Waals surface area contributed by atoms with Crippen LogP contribution >= 0.6 is 11.3 Å². The lowest BCUT2D eigenvalue weighted by Crippen LogP contribution is -2.14. The second kappa shape index (κ2) is 7.69. The molecule has 2 aromatic heterocycles. The summed E-state index contributed by atoms with van der Waals surface area (Å²) in [5, 5.41) is 24.5. The summed E-state index contributed by atoms with van der Waals surface area (Å²) in [6.45, 7) is 3.14. The van der Waals surface area contributed by atoms with Crippen LogP contribution in [0.25, 0.3) is 16.2 Å². The van der Waals surface area contributed by atoms with E-state index in [9.17, 15) is 28.6 Å². The molecule has 0 fully saturated rings. The number of imidazole rings is 1. The summed E-state index contributed by atoms with van der Waals surface area (Å²) in [5.41, 5.74) is 0.966. The van der Waals surface area contributed by atoms with Crippen LogP contribution in [-0.2, 0) is 10.0 Å². The van der Waals surface area contributed by atoms with E-state index < -0.39 is 36.1 Å². The third-order valence-corrected chi connectivity index (χ3v) is 7.15. The maximum absolute atomic E-state index is 12.9. The molecule has 32 heavy (non-hydrogen) atoms. The Labute approximate surface area is 185 Å². The SMILES string of the molecule is Cc1c([N+](=O)[O-])cc(S(=O)(=O)Nc2cccc(-c3cn4c(C)csc4n3)c2)cc1[N+](=O)[O-]. The minimum Gasteiger partial charge on any atom is -0.294 e. The van der Waals surface area contributed by atoms with Crippen molar-refractivity contribution in [1.82, 2.24) is 9.38 Å². The van der Waals surface area contributed by atoms with Crippen LogP contribution in [0.5, 0.6) is 0 Å². The van der Waals surface area contributed by atoms with E-state index in [1.165, 1.54) is 24.3 Å². The topological polar surface area (TPSA) is 150 Å². The van der Waals surface area contributed by atoms with E-state index in [0.717, 1.165) is 22.8 Å². The van der Waals surface area contributed by atoms with E-state index in [1.54, 1.807) is 18.2 Å². The normalized spacial score (nSPS) is 11.6. The first kappa shape index (κ1) is 21.4. The zero-order valence-corrected chi connectivity index (χ0v) is 18.3.